The van der Waals surface area contributed by atoms with Crippen LogP contribution in [0.2, 0.25) is 0 Å². The average molecular weight is 252 g/mol. The molecule has 3 rings (SSSR count). The normalized spacial score (nSPS) is 17.5. The van der Waals surface area contributed by atoms with Gasteiger partial charge >= 0.3 is 37.7 Å². The number of fused-ring (bicyclic) bond motifs is 1. The van der Waals surface area contributed by atoms with Gasteiger partial charge in [0.25, 0.3) is 0 Å². The fourth-order valence-corrected chi connectivity index (χ4v) is 2.23. The topological polar surface area (TPSA) is 9.23 Å². The molecular formula is C15H16CaO. The quantitative estimate of drug-likeness (QED) is 0.705. The van der Waals surface area contributed by atoms with Gasteiger partial charge in [0.05, 0.1) is 0 Å². The molecule has 0 amide bonds. The van der Waals surface area contributed by atoms with Crippen LogP contribution in [0.15, 0.2) is 54.6 Å². The van der Waals surface area contributed by atoms with E-state index in [1.807, 2.05) is 12.1 Å². The minimum absolute atomic E-state index is 0. The predicted molar refractivity (Wildman–Crippen MR) is 72.6 cm³/mol. The summed E-state index contributed by atoms with van der Waals surface area (Å²) in [6.07, 6.45) is 2.40. The summed E-state index contributed by atoms with van der Waals surface area (Å²) in [5, 5.41) is 0. The van der Waals surface area contributed by atoms with Crippen LogP contribution in [-0.4, -0.2) is 37.7 Å². The van der Waals surface area contributed by atoms with Crippen LogP contribution in [-0.2, 0) is 6.42 Å². The van der Waals surface area contributed by atoms with E-state index in [-0.39, 0.29) is 46.7 Å². The van der Waals surface area contributed by atoms with Crippen molar-refractivity contribution in [2.24, 2.45) is 0 Å². The van der Waals surface area contributed by atoms with Gasteiger partial charge in [-0.05, 0) is 30.0 Å². The first-order valence-electron chi connectivity index (χ1n) is 5.73. The molecule has 1 aliphatic rings. The van der Waals surface area contributed by atoms with Crippen LogP contribution in [0, 0.1) is 0 Å². The Balaban J connectivity index is 0.00000108. The minimum Gasteiger partial charge on any atom is -1.00 e. The SMILES string of the molecule is [Ca+2].[H-].[H-].c1ccc(C2CCc3ccccc3O2)cc1. The third kappa shape index (κ3) is 2.85. The molecule has 1 heterocycles. The molecule has 84 valence electrons. The maximum atomic E-state index is 6.02. The van der Waals surface area contributed by atoms with E-state index in [1.165, 1.54) is 11.1 Å². The number of rotatable bonds is 1. The smallest absolute Gasteiger partial charge is 1.00 e. The molecule has 1 unspecified atom stereocenters. The molecule has 0 spiro atoms. The van der Waals surface area contributed by atoms with E-state index in [4.69, 9.17) is 4.74 Å². The summed E-state index contributed by atoms with van der Waals surface area (Å²) >= 11 is 0. The predicted octanol–water partition coefficient (Wildman–Crippen LogP) is 3.60. The third-order valence-electron chi connectivity index (χ3n) is 3.09. The summed E-state index contributed by atoms with van der Waals surface area (Å²) in [6, 6.07) is 18.8. The van der Waals surface area contributed by atoms with E-state index in [0.717, 1.165) is 18.6 Å². The summed E-state index contributed by atoms with van der Waals surface area (Å²) < 4.78 is 6.02. The Morgan fingerprint density at radius 3 is 2.47 bits per heavy atom. The zero-order valence-electron chi connectivity index (χ0n) is 11.8. The second kappa shape index (κ2) is 5.90. The van der Waals surface area contributed by atoms with Crippen molar-refractivity contribution >= 4 is 37.7 Å². The van der Waals surface area contributed by atoms with Crippen molar-refractivity contribution in [1.82, 2.24) is 0 Å². The molecule has 0 saturated heterocycles. The first kappa shape index (κ1) is 12.9. The molecule has 1 nitrogen and oxygen atoms in total. The van der Waals surface area contributed by atoms with E-state index in [9.17, 15) is 0 Å². The number of benzene rings is 2. The summed E-state index contributed by atoms with van der Waals surface area (Å²) in [6.45, 7) is 0. The van der Waals surface area contributed by atoms with Gasteiger partial charge in [0.2, 0.25) is 0 Å². The van der Waals surface area contributed by atoms with E-state index in [1.54, 1.807) is 0 Å². The van der Waals surface area contributed by atoms with Gasteiger partial charge in [0, 0.05) is 0 Å². The Morgan fingerprint density at radius 1 is 0.941 bits per heavy atom. The standard InChI is InChI=1S/C15H14O.Ca.2H/c1-2-6-12(7-3-1)15-11-10-13-8-4-5-9-14(13)16-15;;;/h1-9,15H,10-11H2;;;/q;+2;2*-1. The van der Waals surface area contributed by atoms with Crippen LogP contribution in [0.5, 0.6) is 5.75 Å². The second-order valence-corrected chi connectivity index (χ2v) is 4.16. The molecule has 1 atom stereocenters. The van der Waals surface area contributed by atoms with Crippen molar-refractivity contribution in [3.63, 3.8) is 0 Å². The molecule has 0 aromatic heterocycles. The second-order valence-electron chi connectivity index (χ2n) is 4.16. The summed E-state index contributed by atoms with van der Waals surface area (Å²) in [4.78, 5) is 0. The molecule has 17 heavy (non-hydrogen) atoms. The average Bonchev–Trinajstić information content (AvgIpc) is 2.39. The van der Waals surface area contributed by atoms with Crippen LogP contribution in [0.3, 0.4) is 0 Å². The molecule has 0 aliphatic carbocycles. The van der Waals surface area contributed by atoms with Gasteiger partial charge in [-0.3, -0.25) is 0 Å². The number of ether oxygens (including phenoxy) is 1. The van der Waals surface area contributed by atoms with Crippen LogP contribution in [0.25, 0.3) is 0 Å². The van der Waals surface area contributed by atoms with E-state index in [0.29, 0.717) is 0 Å². The Kier molecular flexibility index (Phi) is 4.49. The molecule has 1 aliphatic heterocycles. The van der Waals surface area contributed by atoms with E-state index in [2.05, 4.69) is 42.5 Å². The zero-order chi connectivity index (χ0) is 10.8. The van der Waals surface area contributed by atoms with Crippen LogP contribution in [0.1, 0.15) is 26.5 Å². The number of aryl methyl sites for hydroxylation is 1. The molecule has 0 radical (unpaired) electrons. The van der Waals surface area contributed by atoms with Gasteiger partial charge in [-0.25, -0.2) is 0 Å². The number of hydrogen-bond donors (Lipinski definition) is 0. The van der Waals surface area contributed by atoms with Crippen molar-refractivity contribution in [2.45, 2.75) is 18.9 Å². The molecule has 0 N–H and O–H groups in total. The summed E-state index contributed by atoms with van der Waals surface area (Å²) in [7, 11) is 0. The van der Waals surface area contributed by atoms with Crippen molar-refractivity contribution in [2.75, 3.05) is 0 Å². The van der Waals surface area contributed by atoms with Crippen LogP contribution >= 0.6 is 0 Å². The van der Waals surface area contributed by atoms with Crippen LogP contribution < -0.4 is 4.74 Å². The summed E-state index contributed by atoms with van der Waals surface area (Å²) in [5.41, 5.74) is 2.60. The van der Waals surface area contributed by atoms with Crippen molar-refractivity contribution in [1.29, 1.82) is 0 Å². The Hall–Kier alpha value is -0.500. The summed E-state index contributed by atoms with van der Waals surface area (Å²) in [5.74, 6) is 1.04. The molecule has 0 fully saturated rings. The molecule has 2 aromatic carbocycles. The number of hydrogen-bond acceptors (Lipinski definition) is 1. The van der Waals surface area contributed by atoms with Crippen molar-refractivity contribution in [3.8, 4) is 5.75 Å². The maximum absolute atomic E-state index is 6.02. The fourth-order valence-electron chi connectivity index (χ4n) is 2.23. The minimum atomic E-state index is 0. The Labute approximate surface area is 135 Å². The Bertz CT molecular complexity index is 491. The molecule has 2 aromatic rings. The van der Waals surface area contributed by atoms with Crippen LogP contribution in [0.4, 0.5) is 0 Å². The molecule has 0 bridgehead atoms. The van der Waals surface area contributed by atoms with Crippen molar-refractivity contribution < 1.29 is 7.59 Å². The molecular weight excluding hydrogens is 236 g/mol. The largest absolute Gasteiger partial charge is 2.00 e. The number of para-hydroxylation sites is 1. The van der Waals surface area contributed by atoms with E-state index >= 15 is 0 Å². The van der Waals surface area contributed by atoms with Crippen molar-refractivity contribution in [3.05, 3.63) is 65.7 Å². The Morgan fingerprint density at radius 2 is 1.65 bits per heavy atom. The molecule has 2 heteroatoms. The first-order chi connectivity index (χ1) is 7.93. The maximum Gasteiger partial charge on any atom is 2.00 e. The molecule has 0 saturated carbocycles. The zero-order valence-corrected chi connectivity index (χ0v) is 12.0. The fraction of sp³-hybridized carbons (Fsp3) is 0.200. The monoisotopic (exact) mass is 252 g/mol. The van der Waals surface area contributed by atoms with Gasteiger partial charge < -0.3 is 7.59 Å². The van der Waals surface area contributed by atoms with Gasteiger partial charge in [-0.1, -0.05) is 48.5 Å². The van der Waals surface area contributed by atoms with Gasteiger partial charge in [0.15, 0.2) is 0 Å². The van der Waals surface area contributed by atoms with Gasteiger partial charge in [-0.15, -0.1) is 0 Å². The van der Waals surface area contributed by atoms with Gasteiger partial charge in [0.1, 0.15) is 11.9 Å². The van der Waals surface area contributed by atoms with E-state index < -0.39 is 0 Å². The van der Waals surface area contributed by atoms with Gasteiger partial charge in [-0.2, -0.15) is 0 Å². The first-order valence-corrected chi connectivity index (χ1v) is 5.73. The third-order valence-corrected chi connectivity index (χ3v) is 3.09.